The van der Waals surface area contributed by atoms with E-state index in [0.717, 1.165) is 30.8 Å². The van der Waals surface area contributed by atoms with Crippen LogP contribution in [0, 0.1) is 6.92 Å². The van der Waals surface area contributed by atoms with E-state index in [-0.39, 0.29) is 6.04 Å². The van der Waals surface area contributed by atoms with Crippen LogP contribution >= 0.6 is 0 Å². The van der Waals surface area contributed by atoms with E-state index >= 15 is 0 Å². The number of rotatable bonds is 4. The van der Waals surface area contributed by atoms with Gasteiger partial charge in [-0.1, -0.05) is 17.7 Å². The number of hydrogen-bond acceptors (Lipinski definition) is 4. The first-order chi connectivity index (χ1) is 11.0. The van der Waals surface area contributed by atoms with Crippen molar-refractivity contribution < 1.29 is 8.42 Å². The summed E-state index contributed by atoms with van der Waals surface area (Å²) in [6.07, 6.45) is 3.56. The molecule has 0 aliphatic carbocycles. The minimum absolute atomic E-state index is 0.0926. The van der Waals surface area contributed by atoms with Gasteiger partial charge in [-0.25, -0.2) is 13.1 Å². The second-order valence-electron chi connectivity index (χ2n) is 6.03. The summed E-state index contributed by atoms with van der Waals surface area (Å²) in [5.41, 5.74) is 1.05. The van der Waals surface area contributed by atoms with Crippen LogP contribution in [0.15, 0.2) is 41.4 Å². The van der Waals surface area contributed by atoms with Crippen LogP contribution in [0.4, 0.5) is 5.82 Å². The fourth-order valence-corrected chi connectivity index (χ4v) is 4.23. The number of anilines is 1. The quantitative estimate of drug-likeness (QED) is 0.924. The van der Waals surface area contributed by atoms with Gasteiger partial charge in [-0.15, -0.1) is 0 Å². The zero-order chi connectivity index (χ0) is 16.4. The molecule has 0 saturated carbocycles. The molecule has 0 spiro atoms. The lowest BCUT2D eigenvalue weighted by Crippen LogP contribution is -2.48. The molecule has 0 amide bonds. The maximum Gasteiger partial charge on any atom is 0.240 e. The molecule has 6 nitrogen and oxygen atoms in total. The Morgan fingerprint density at radius 1 is 1.22 bits per heavy atom. The molecule has 1 aromatic carbocycles. The number of aryl methyl sites for hydroxylation is 2. The van der Waals surface area contributed by atoms with E-state index in [9.17, 15) is 8.42 Å². The first-order valence-electron chi connectivity index (χ1n) is 7.78. The van der Waals surface area contributed by atoms with E-state index < -0.39 is 10.0 Å². The highest BCUT2D eigenvalue weighted by atomic mass is 32.2. The Morgan fingerprint density at radius 3 is 2.61 bits per heavy atom. The average Bonchev–Trinajstić information content (AvgIpc) is 2.94. The predicted molar refractivity (Wildman–Crippen MR) is 89.9 cm³/mol. The highest BCUT2D eigenvalue weighted by Crippen LogP contribution is 2.20. The first-order valence-corrected chi connectivity index (χ1v) is 9.26. The lowest BCUT2D eigenvalue weighted by Gasteiger charge is -2.34. The van der Waals surface area contributed by atoms with Crippen molar-refractivity contribution in [3.05, 3.63) is 42.1 Å². The minimum atomic E-state index is -3.48. The Hall–Kier alpha value is -1.86. The van der Waals surface area contributed by atoms with Crippen LogP contribution in [-0.4, -0.2) is 37.3 Å². The number of nitrogens with one attached hydrogen (secondary N) is 1. The summed E-state index contributed by atoms with van der Waals surface area (Å²) in [4.78, 5) is 2.50. The zero-order valence-corrected chi connectivity index (χ0v) is 14.3. The molecule has 2 heterocycles. The molecule has 7 heteroatoms. The van der Waals surface area contributed by atoms with Crippen LogP contribution in [0.2, 0.25) is 0 Å². The molecule has 1 aromatic heterocycles. The molecule has 3 rings (SSSR count). The third kappa shape index (κ3) is 3.56. The molecule has 1 atom stereocenters. The minimum Gasteiger partial charge on any atom is -0.355 e. The van der Waals surface area contributed by atoms with Crippen LogP contribution in [0.1, 0.15) is 18.4 Å². The normalized spacial score (nSPS) is 19.0. The van der Waals surface area contributed by atoms with Crippen molar-refractivity contribution in [2.45, 2.75) is 30.7 Å². The van der Waals surface area contributed by atoms with Gasteiger partial charge in [0.25, 0.3) is 0 Å². The van der Waals surface area contributed by atoms with Crippen molar-refractivity contribution in [3.63, 3.8) is 0 Å². The van der Waals surface area contributed by atoms with Crippen LogP contribution in [-0.2, 0) is 17.1 Å². The lowest BCUT2D eigenvalue weighted by molar-refractivity contribution is 0.460. The third-order valence-corrected chi connectivity index (χ3v) is 5.73. The monoisotopic (exact) mass is 334 g/mol. The molecular formula is C16H22N4O2S. The van der Waals surface area contributed by atoms with E-state index in [1.54, 1.807) is 18.3 Å². The Morgan fingerprint density at radius 2 is 1.96 bits per heavy atom. The Kier molecular flexibility index (Phi) is 4.41. The van der Waals surface area contributed by atoms with Crippen molar-refractivity contribution >= 4 is 15.8 Å². The van der Waals surface area contributed by atoms with E-state index in [1.165, 1.54) is 0 Å². The van der Waals surface area contributed by atoms with Gasteiger partial charge in [-0.2, -0.15) is 5.10 Å². The number of sulfonamides is 1. The summed E-state index contributed by atoms with van der Waals surface area (Å²) in [5.74, 6) is 1.02. The van der Waals surface area contributed by atoms with Crippen molar-refractivity contribution in [1.82, 2.24) is 14.5 Å². The van der Waals surface area contributed by atoms with E-state index in [4.69, 9.17) is 0 Å². The Labute approximate surface area is 137 Å². The Bertz CT molecular complexity index is 768. The number of aromatic nitrogens is 2. The molecular weight excluding hydrogens is 312 g/mol. The number of hydrogen-bond donors (Lipinski definition) is 1. The number of nitrogens with zero attached hydrogens (tertiary/aromatic N) is 3. The summed E-state index contributed by atoms with van der Waals surface area (Å²) in [7, 11) is -1.58. The molecule has 124 valence electrons. The molecule has 1 N–H and O–H groups in total. The average molecular weight is 334 g/mol. The summed E-state index contributed by atoms with van der Waals surface area (Å²) in [5, 5.41) is 4.18. The van der Waals surface area contributed by atoms with Gasteiger partial charge in [0, 0.05) is 32.2 Å². The first kappa shape index (κ1) is 16.0. The van der Waals surface area contributed by atoms with Crippen molar-refractivity contribution in [2.24, 2.45) is 7.05 Å². The zero-order valence-electron chi connectivity index (χ0n) is 13.4. The molecule has 1 aliphatic heterocycles. The smallest absolute Gasteiger partial charge is 0.240 e. The lowest BCUT2D eigenvalue weighted by atomic mass is 10.1. The second-order valence-corrected chi connectivity index (χ2v) is 7.75. The molecule has 1 fully saturated rings. The van der Waals surface area contributed by atoms with Gasteiger partial charge in [0.2, 0.25) is 10.0 Å². The predicted octanol–water partition coefficient (Wildman–Crippen LogP) is 1.68. The highest BCUT2D eigenvalue weighted by Gasteiger charge is 2.26. The van der Waals surface area contributed by atoms with Gasteiger partial charge in [-0.05, 0) is 31.9 Å². The van der Waals surface area contributed by atoms with Gasteiger partial charge in [0.1, 0.15) is 5.82 Å². The summed E-state index contributed by atoms with van der Waals surface area (Å²) >= 11 is 0. The maximum atomic E-state index is 12.5. The highest BCUT2D eigenvalue weighted by molar-refractivity contribution is 7.89. The van der Waals surface area contributed by atoms with Crippen molar-refractivity contribution in [3.8, 4) is 0 Å². The van der Waals surface area contributed by atoms with Gasteiger partial charge in [0.05, 0.1) is 11.1 Å². The van der Waals surface area contributed by atoms with Crippen molar-refractivity contribution in [2.75, 3.05) is 18.0 Å². The molecule has 2 aromatic rings. The second kappa shape index (κ2) is 6.33. The SMILES string of the molecule is Cc1ccc(S(=O)(=O)NC2CCCN(c3ccnn3C)C2)cc1. The molecule has 0 radical (unpaired) electrons. The fraction of sp³-hybridized carbons (Fsp3) is 0.438. The van der Waals surface area contributed by atoms with Crippen LogP contribution in [0.25, 0.3) is 0 Å². The fourth-order valence-electron chi connectivity index (χ4n) is 2.96. The van der Waals surface area contributed by atoms with E-state index in [2.05, 4.69) is 14.7 Å². The summed E-state index contributed by atoms with van der Waals surface area (Å²) in [6.45, 7) is 3.52. The standard InChI is InChI=1S/C16H22N4O2S/c1-13-5-7-15(8-6-13)23(21,22)18-14-4-3-11-20(12-14)16-9-10-17-19(16)2/h5-10,14,18H,3-4,11-12H2,1-2H3. The Balaban J connectivity index is 1.72. The number of benzene rings is 1. The molecule has 23 heavy (non-hydrogen) atoms. The molecule has 1 aliphatic rings. The van der Waals surface area contributed by atoms with Crippen LogP contribution < -0.4 is 9.62 Å². The van der Waals surface area contributed by atoms with Gasteiger partial charge in [0.15, 0.2) is 0 Å². The van der Waals surface area contributed by atoms with Crippen LogP contribution in [0.5, 0.6) is 0 Å². The topological polar surface area (TPSA) is 67.2 Å². The third-order valence-electron chi connectivity index (χ3n) is 4.19. The van der Waals surface area contributed by atoms with Gasteiger partial charge >= 0.3 is 0 Å². The maximum absolute atomic E-state index is 12.5. The largest absolute Gasteiger partial charge is 0.355 e. The van der Waals surface area contributed by atoms with E-state index in [0.29, 0.717) is 11.4 Å². The van der Waals surface area contributed by atoms with Crippen LogP contribution in [0.3, 0.4) is 0 Å². The summed E-state index contributed by atoms with van der Waals surface area (Å²) in [6, 6.07) is 8.80. The van der Waals surface area contributed by atoms with Gasteiger partial charge in [-0.3, -0.25) is 4.68 Å². The van der Waals surface area contributed by atoms with E-state index in [1.807, 2.05) is 36.9 Å². The molecule has 1 saturated heterocycles. The molecule has 0 bridgehead atoms. The van der Waals surface area contributed by atoms with Gasteiger partial charge < -0.3 is 4.90 Å². The number of piperidine rings is 1. The van der Waals surface area contributed by atoms with Crippen molar-refractivity contribution in [1.29, 1.82) is 0 Å². The summed E-state index contributed by atoms with van der Waals surface area (Å²) < 4.78 is 29.7. The molecule has 1 unspecified atom stereocenters.